The second-order valence-corrected chi connectivity index (χ2v) is 5.56. The molecule has 0 radical (unpaired) electrons. The SMILES string of the molecule is CC(C)(C)c1cccc(CCCC(N)(F)F)c1. The average Bonchev–Trinajstić information content (AvgIpc) is 2.15. The van der Waals surface area contributed by atoms with Gasteiger partial charge in [0.1, 0.15) is 0 Å². The van der Waals surface area contributed by atoms with Crippen molar-refractivity contribution in [3.63, 3.8) is 0 Å². The van der Waals surface area contributed by atoms with Crippen molar-refractivity contribution in [2.45, 2.75) is 51.5 Å². The van der Waals surface area contributed by atoms with Crippen LogP contribution in [0, 0.1) is 0 Å². The minimum absolute atomic E-state index is 0.0911. The van der Waals surface area contributed by atoms with Gasteiger partial charge in [-0.25, -0.2) is 0 Å². The van der Waals surface area contributed by atoms with Crippen LogP contribution in [0.5, 0.6) is 0 Å². The first-order valence-electron chi connectivity index (χ1n) is 5.95. The van der Waals surface area contributed by atoms with E-state index >= 15 is 0 Å². The summed E-state index contributed by atoms with van der Waals surface area (Å²) in [6.07, 6.45) is 0.806. The third-order valence-electron chi connectivity index (χ3n) is 2.77. The van der Waals surface area contributed by atoms with Crippen LogP contribution in [0.4, 0.5) is 8.78 Å². The lowest BCUT2D eigenvalue weighted by Crippen LogP contribution is -2.28. The van der Waals surface area contributed by atoms with Crippen LogP contribution >= 0.6 is 0 Å². The summed E-state index contributed by atoms with van der Waals surface area (Å²) in [7, 11) is 0. The van der Waals surface area contributed by atoms with Crippen molar-refractivity contribution in [3.05, 3.63) is 35.4 Å². The standard InChI is InChI=1S/C14H21F2N/c1-13(2,3)12-8-4-6-11(10-12)7-5-9-14(15,16)17/h4,6,8,10H,5,7,9,17H2,1-3H3. The molecule has 0 atom stereocenters. The number of aryl methyl sites for hydroxylation is 1. The first-order valence-corrected chi connectivity index (χ1v) is 5.95. The molecule has 0 aliphatic carbocycles. The van der Waals surface area contributed by atoms with E-state index in [2.05, 4.69) is 38.6 Å². The van der Waals surface area contributed by atoms with Gasteiger partial charge in [0.2, 0.25) is 0 Å². The second kappa shape index (κ2) is 5.13. The van der Waals surface area contributed by atoms with Crippen LogP contribution in [-0.2, 0) is 11.8 Å². The minimum Gasteiger partial charge on any atom is -0.272 e. The molecule has 1 rings (SSSR count). The zero-order valence-corrected chi connectivity index (χ0v) is 10.8. The Morgan fingerprint density at radius 1 is 1.18 bits per heavy atom. The van der Waals surface area contributed by atoms with E-state index in [1.54, 1.807) is 0 Å². The molecule has 96 valence electrons. The molecule has 1 nitrogen and oxygen atoms in total. The first-order chi connectivity index (χ1) is 7.68. The molecular weight excluding hydrogens is 220 g/mol. The molecule has 0 aromatic heterocycles. The highest BCUT2D eigenvalue weighted by Gasteiger charge is 2.20. The molecule has 0 amide bonds. The van der Waals surface area contributed by atoms with E-state index < -0.39 is 6.05 Å². The highest BCUT2D eigenvalue weighted by atomic mass is 19.3. The van der Waals surface area contributed by atoms with Gasteiger partial charge in [0.25, 0.3) is 6.05 Å². The summed E-state index contributed by atoms with van der Waals surface area (Å²) in [5.41, 5.74) is 7.09. The maximum absolute atomic E-state index is 12.5. The lowest BCUT2D eigenvalue weighted by molar-refractivity contribution is -0.00248. The summed E-state index contributed by atoms with van der Waals surface area (Å²) in [6, 6.07) is 5.08. The van der Waals surface area contributed by atoms with Gasteiger partial charge in [-0.2, -0.15) is 8.78 Å². The fourth-order valence-electron chi connectivity index (χ4n) is 1.72. The van der Waals surface area contributed by atoms with E-state index in [0.29, 0.717) is 12.8 Å². The Bertz CT molecular complexity index is 361. The van der Waals surface area contributed by atoms with Gasteiger partial charge in [0.05, 0.1) is 0 Å². The van der Waals surface area contributed by atoms with Crippen molar-refractivity contribution in [3.8, 4) is 0 Å². The van der Waals surface area contributed by atoms with E-state index in [4.69, 9.17) is 0 Å². The topological polar surface area (TPSA) is 26.0 Å². The first kappa shape index (κ1) is 14.1. The van der Waals surface area contributed by atoms with Crippen LogP contribution in [0.25, 0.3) is 0 Å². The third kappa shape index (κ3) is 5.26. The van der Waals surface area contributed by atoms with Crippen LogP contribution in [0.1, 0.15) is 44.7 Å². The number of alkyl halides is 2. The summed E-state index contributed by atoms with van der Waals surface area (Å²) in [5, 5.41) is 0. The van der Waals surface area contributed by atoms with Crippen molar-refractivity contribution in [1.82, 2.24) is 0 Å². The number of nitrogens with two attached hydrogens (primary N) is 1. The Morgan fingerprint density at radius 2 is 1.82 bits per heavy atom. The van der Waals surface area contributed by atoms with Crippen molar-refractivity contribution < 1.29 is 8.78 Å². The van der Waals surface area contributed by atoms with Crippen molar-refractivity contribution in [2.24, 2.45) is 5.73 Å². The third-order valence-corrected chi connectivity index (χ3v) is 2.77. The predicted octanol–water partition coefficient (Wildman–Crippen LogP) is 3.86. The molecule has 2 N–H and O–H groups in total. The predicted molar refractivity (Wildman–Crippen MR) is 67.2 cm³/mol. The number of halogens is 2. The maximum Gasteiger partial charge on any atom is 0.300 e. The van der Waals surface area contributed by atoms with Crippen LogP contribution in [-0.4, -0.2) is 6.05 Å². The van der Waals surface area contributed by atoms with Crippen LogP contribution < -0.4 is 5.73 Å². The molecule has 17 heavy (non-hydrogen) atoms. The summed E-state index contributed by atoms with van der Waals surface area (Å²) in [6.45, 7) is 6.42. The van der Waals surface area contributed by atoms with Crippen molar-refractivity contribution in [1.29, 1.82) is 0 Å². The Kier molecular flexibility index (Phi) is 4.26. The number of benzene rings is 1. The van der Waals surface area contributed by atoms with Gasteiger partial charge in [0, 0.05) is 6.42 Å². The molecule has 0 spiro atoms. The van der Waals surface area contributed by atoms with Crippen molar-refractivity contribution in [2.75, 3.05) is 0 Å². The number of rotatable bonds is 4. The Hall–Kier alpha value is -0.960. The summed E-state index contributed by atoms with van der Waals surface area (Å²) in [5.74, 6) is 0. The monoisotopic (exact) mass is 241 g/mol. The van der Waals surface area contributed by atoms with E-state index in [0.717, 1.165) is 5.56 Å². The van der Waals surface area contributed by atoms with Gasteiger partial charge in [0.15, 0.2) is 0 Å². The lowest BCUT2D eigenvalue weighted by atomic mass is 9.86. The zero-order chi connectivity index (χ0) is 13.1. The quantitative estimate of drug-likeness (QED) is 0.796. The molecule has 0 fully saturated rings. The average molecular weight is 241 g/mol. The fourth-order valence-corrected chi connectivity index (χ4v) is 1.72. The Morgan fingerprint density at radius 3 is 2.35 bits per heavy atom. The minimum atomic E-state index is -3.04. The van der Waals surface area contributed by atoms with Crippen LogP contribution in [0.2, 0.25) is 0 Å². The smallest absolute Gasteiger partial charge is 0.272 e. The molecule has 0 unspecified atom stereocenters. The molecule has 0 saturated carbocycles. The van der Waals surface area contributed by atoms with Crippen LogP contribution in [0.3, 0.4) is 0 Å². The Balaban J connectivity index is 2.61. The lowest BCUT2D eigenvalue weighted by Gasteiger charge is -2.20. The largest absolute Gasteiger partial charge is 0.300 e. The molecular formula is C14H21F2N. The van der Waals surface area contributed by atoms with Gasteiger partial charge >= 0.3 is 0 Å². The highest BCUT2D eigenvalue weighted by Crippen LogP contribution is 2.24. The van der Waals surface area contributed by atoms with Crippen LogP contribution in [0.15, 0.2) is 24.3 Å². The molecule has 1 aromatic rings. The van der Waals surface area contributed by atoms with Gasteiger partial charge < -0.3 is 0 Å². The highest BCUT2D eigenvalue weighted by molar-refractivity contribution is 5.28. The summed E-state index contributed by atoms with van der Waals surface area (Å²) < 4.78 is 24.9. The molecule has 0 bridgehead atoms. The van der Waals surface area contributed by atoms with E-state index in [1.165, 1.54) is 5.56 Å². The molecule has 3 heteroatoms. The van der Waals surface area contributed by atoms with E-state index in [9.17, 15) is 8.78 Å². The van der Waals surface area contributed by atoms with Gasteiger partial charge in [-0.15, -0.1) is 0 Å². The second-order valence-electron chi connectivity index (χ2n) is 5.56. The Labute approximate surface area is 102 Å². The zero-order valence-electron chi connectivity index (χ0n) is 10.8. The molecule has 0 aliphatic heterocycles. The van der Waals surface area contributed by atoms with Gasteiger partial charge in [-0.1, -0.05) is 45.0 Å². The van der Waals surface area contributed by atoms with E-state index in [1.807, 2.05) is 12.1 Å². The molecule has 0 heterocycles. The normalized spacial score (nSPS) is 12.8. The number of hydrogen-bond donors (Lipinski definition) is 1. The maximum atomic E-state index is 12.5. The number of hydrogen-bond acceptors (Lipinski definition) is 1. The van der Waals surface area contributed by atoms with Gasteiger partial charge in [-0.05, 0) is 29.4 Å². The van der Waals surface area contributed by atoms with E-state index in [-0.39, 0.29) is 11.8 Å². The molecule has 1 aromatic carbocycles. The molecule has 0 aliphatic rings. The van der Waals surface area contributed by atoms with Gasteiger partial charge in [-0.3, -0.25) is 5.73 Å². The fraction of sp³-hybridized carbons (Fsp3) is 0.571. The molecule has 0 saturated heterocycles. The summed E-state index contributed by atoms with van der Waals surface area (Å²) >= 11 is 0. The summed E-state index contributed by atoms with van der Waals surface area (Å²) in [4.78, 5) is 0. The van der Waals surface area contributed by atoms with Crippen molar-refractivity contribution >= 4 is 0 Å².